The molecule has 0 aliphatic carbocycles. The summed E-state index contributed by atoms with van der Waals surface area (Å²) in [5.74, 6) is 0.541. The van der Waals surface area contributed by atoms with E-state index in [9.17, 15) is 4.79 Å². The molecule has 19 heavy (non-hydrogen) atoms. The summed E-state index contributed by atoms with van der Waals surface area (Å²) in [7, 11) is 1.82. The van der Waals surface area contributed by atoms with Gasteiger partial charge in [0.2, 0.25) is 11.8 Å². The molecule has 1 rings (SSSR count). The number of anilines is 1. The average Bonchev–Trinajstić information content (AvgIpc) is 2.86. The maximum Gasteiger partial charge on any atom is 0.315 e. The first-order valence-electron chi connectivity index (χ1n) is 6.60. The van der Waals surface area contributed by atoms with Crippen LogP contribution in [0.15, 0.2) is 4.42 Å². The second-order valence-corrected chi connectivity index (χ2v) is 4.51. The normalized spacial score (nSPS) is 13.9. The van der Waals surface area contributed by atoms with Gasteiger partial charge in [-0.3, -0.25) is 4.79 Å². The topological polar surface area (TPSA) is 92.1 Å². The van der Waals surface area contributed by atoms with Crippen molar-refractivity contribution in [2.75, 3.05) is 18.9 Å². The van der Waals surface area contributed by atoms with E-state index in [1.807, 2.05) is 27.8 Å². The van der Waals surface area contributed by atoms with Gasteiger partial charge in [-0.25, -0.2) is 0 Å². The van der Waals surface area contributed by atoms with Gasteiger partial charge in [0.25, 0.3) is 0 Å². The quantitative estimate of drug-likeness (QED) is 0.653. The lowest BCUT2D eigenvalue weighted by Crippen LogP contribution is -2.32. The predicted molar refractivity (Wildman–Crippen MR) is 72.8 cm³/mol. The van der Waals surface area contributed by atoms with Crippen molar-refractivity contribution in [2.24, 2.45) is 0 Å². The maximum atomic E-state index is 11.5. The Bertz CT molecular complexity index is 393. The standard InChI is InChI=1S/C12H23N5O2/c1-5-8(2)15-10(18)6-7-14-12-17-16-11(19-12)9(3)13-4/h8-9,13H,5-7H2,1-4H3,(H,14,17)(H,15,18). The first-order chi connectivity index (χ1) is 9.06. The average molecular weight is 269 g/mol. The molecule has 2 unspecified atom stereocenters. The molecular weight excluding hydrogens is 246 g/mol. The lowest BCUT2D eigenvalue weighted by atomic mass is 10.2. The molecular formula is C12H23N5O2. The third-order valence-electron chi connectivity index (χ3n) is 2.89. The molecule has 1 heterocycles. The highest BCUT2D eigenvalue weighted by Crippen LogP contribution is 2.12. The second kappa shape index (κ2) is 7.73. The van der Waals surface area contributed by atoms with Crippen molar-refractivity contribution in [3.05, 3.63) is 5.89 Å². The molecule has 0 aliphatic heterocycles. The Hall–Kier alpha value is -1.63. The molecule has 0 saturated heterocycles. The smallest absolute Gasteiger partial charge is 0.315 e. The van der Waals surface area contributed by atoms with Crippen LogP contribution in [0.2, 0.25) is 0 Å². The molecule has 0 fully saturated rings. The van der Waals surface area contributed by atoms with E-state index in [1.165, 1.54) is 0 Å². The van der Waals surface area contributed by atoms with Gasteiger partial charge in [0.05, 0.1) is 6.04 Å². The van der Waals surface area contributed by atoms with Crippen molar-refractivity contribution in [1.29, 1.82) is 0 Å². The molecule has 0 aromatic carbocycles. The third kappa shape index (κ3) is 5.25. The van der Waals surface area contributed by atoms with Crippen LogP contribution in [-0.2, 0) is 4.79 Å². The van der Waals surface area contributed by atoms with Gasteiger partial charge in [-0.05, 0) is 27.3 Å². The van der Waals surface area contributed by atoms with Gasteiger partial charge >= 0.3 is 6.01 Å². The zero-order chi connectivity index (χ0) is 14.3. The Morgan fingerprint density at radius 3 is 2.74 bits per heavy atom. The Kier molecular flexibility index (Phi) is 6.27. The minimum atomic E-state index is 0.0109. The SMILES string of the molecule is CCC(C)NC(=O)CCNc1nnc(C(C)NC)o1. The van der Waals surface area contributed by atoms with Crippen molar-refractivity contribution in [1.82, 2.24) is 20.8 Å². The van der Waals surface area contributed by atoms with E-state index in [2.05, 4.69) is 26.1 Å². The molecule has 0 bridgehead atoms. The Labute approximate surface area is 113 Å². The van der Waals surface area contributed by atoms with Crippen molar-refractivity contribution < 1.29 is 9.21 Å². The Morgan fingerprint density at radius 1 is 1.37 bits per heavy atom. The van der Waals surface area contributed by atoms with Crippen molar-refractivity contribution >= 4 is 11.9 Å². The lowest BCUT2D eigenvalue weighted by molar-refractivity contribution is -0.121. The summed E-state index contributed by atoms with van der Waals surface area (Å²) in [4.78, 5) is 11.5. The van der Waals surface area contributed by atoms with Gasteiger partial charge < -0.3 is 20.4 Å². The minimum Gasteiger partial charge on any atom is -0.406 e. The first kappa shape index (κ1) is 15.4. The highest BCUT2D eigenvalue weighted by atomic mass is 16.4. The molecule has 1 aromatic rings. The van der Waals surface area contributed by atoms with Gasteiger partial charge in [-0.2, -0.15) is 0 Å². The molecule has 1 aromatic heterocycles. The Balaban J connectivity index is 2.29. The van der Waals surface area contributed by atoms with Crippen molar-refractivity contribution in [2.45, 2.75) is 45.7 Å². The van der Waals surface area contributed by atoms with Crippen molar-refractivity contribution in [3.63, 3.8) is 0 Å². The van der Waals surface area contributed by atoms with E-state index < -0.39 is 0 Å². The predicted octanol–water partition coefficient (Wildman–Crippen LogP) is 1.07. The van der Waals surface area contributed by atoms with Crippen LogP contribution in [0.3, 0.4) is 0 Å². The number of carbonyl (C=O) groups is 1. The molecule has 0 radical (unpaired) electrons. The van der Waals surface area contributed by atoms with E-state index >= 15 is 0 Å². The number of nitrogens with zero attached hydrogens (tertiary/aromatic N) is 2. The van der Waals surface area contributed by atoms with Crippen LogP contribution < -0.4 is 16.0 Å². The minimum absolute atomic E-state index is 0.0109. The summed E-state index contributed by atoms with van der Waals surface area (Å²) in [5.41, 5.74) is 0. The second-order valence-electron chi connectivity index (χ2n) is 4.51. The van der Waals surface area contributed by atoms with Gasteiger partial charge in [-0.1, -0.05) is 12.0 Å². The highest BCUT2D eigenvalue weighted by molar-refractivity contribution is 5.76. The summed E-state index contributed by atoms with van der Waals surface area (Å²) >= 11 is 0. The molecule has 0 spiro atoms. The summed E-state index contributed by atoms with van der Waals surface area (Å²) in [5, 5.41) is 16.6. The monoisotopic (exact) mass is 269 g/mol. The molecule has 0 aliphatic rings. The van der Waals surface area contributed by atoms with E-state index in [0.29, 0.717) is 24.9 Å². The van der Waals surface area contributed by atoms with E-state index in [0.717, 1.165) is 6.42 Å². The van der Waals surface area contributed by atoms with Crippen molar-refractivity contribution in [3.8, 4) is 0 Å². The summed E-state index contributed by atoms with van der Waals surface area (Å²) in [6.07, 6.45) is 1.30. The number of nitrogens with one attached hydrogen (secondary N) is 3. The van der Waals surface area contributed by atoms with E-state index in [1.54, 1.807) is 0 Å². The van der Waals surface area contributed by atoms with Crippen LogP contribution in [0.25, 0.3) is 0 Å². The third-order valence-corrected chi connectivity index (χ3v) is 2.89. The largest absolute Gasteiger partial charge is 0.406 e. The van der Waals surface area contributed by atoms with Gasteiger partial charge in [0.1, 0.15) is 0 Å². The highest BCUT2D eigenvalue weighted by Gasteiger charge is 2.12. The molecule has 0 saturated carbocycles. The molecule has 7 heteroatoms. The van der Waals surface area contributed by atoms with Crippen LogP contribution in [-0.4, -0.2) is 35.7 Å². The van der Waals surface area contributed by atoms with E-state index in [4.69, 9.17) is 4.42 Å². The lowest BCUT2D eigenvalue weighted by Gasteiger charge is -2.10. The zero-order valence-corrected chi connectivity index (χ0v) is 12.0. The number of amides is 1. The van der Waals surface area contributed by atoms with E-state index in [-0.39, 0.29) is 18.0 Å². The summed E-state index contributed by atoms with van der Waals surface area (Å²) < 4.78 is 5.39. The molecule has 1 amide bonds. The van der Waals surface area contributed by atoms with Crippen LogP contribution in [0.4, 0.5) is 6.01 Å². The number of hydrogen-bond donors (Lipinski definition) is 3. The fourth-order valence-corrected chi connectivity index (χ4v) is 1.34. The molecule has 3 N–H and O–H groups in total. The van der Waals surface area contributed by atoms with Crippen LogP contribution in [0.1, 0.15) is 45.5 Å². The Morgan fingerprint density at radius 2 is 2.11 bits per heavy atom. The number of carbonyl (C=O) groups excluding carboxylic acids is 1. The number of hydrogen-bond acceptors (Lipinski definition) is 6. The number of aromatic nitrogens is 2. The molecule has 108 valence electrons. The van der Waals surface area contributed by atoms with Crippen LogP contribution in [0, 0.1) is 0 Å². The number of rotatable bonds is 8. The first-order valence-corrected chi connectivity index (χ1v) is 6.60. The van der Waals surface area contributed by atoms with Gasteiger partial charge in [0, 0.05) is 19.0 Å². The molecule has 2 atom stereocenters. The summed E-state index contributed by atoms with van der Waals surface area (Å²) in [6.45, 7) is 6.41. The maximum absolute atomic E-state index is 11.5. The van der Waals surface area contributed by atoms with Crippen LogP contribution >= 0.6 is 0 Å². The fraction of sp³-hybridized carbons (Fsp3) is 0.750. The summed E-state index contributed by atoms with van der Waals surface area (Å²) in [6, 6.07) is 0.559. The van der Waals surface area contributed by atoms with Crippen LogP contribution in [0.5, 0.6) is 0 Å². The fourth-order valence-electron chi connectivity index (χ4n) is 1.34. The van der Waals surface area contributed by atoms with Gasteiger partial charge in [-0.15, -0.1) is 5.10 Å². The zero-order valence-electron chi connectivity index (χ0n) is 12.0. The molecule has 7 nitrogen and oxygen atoms in total. The van der Waals surface area contributed by atoms with Gasteiger partial charge in [0.15, 0.2) is 0 Å².